The number of carbonyl (C=O) groups excluding carboxylic acids is 1. The van der Waals surface area contributed by atoms with Crippen molar-refractivity contribution in [1.82, 2.24) is 15.3 Å². The van der Waals surface area contributed by atoms with Gasteiger partial charge < -0.3 is 9.72 Å². The third kappa shape index (κ3) is 3.03. The van der Waals surface area contributed by atoms with Crippen LogP contribution in [0.3, 0.4) is 0 Å². The Labute approximate surface area is 138 Å². The number of esters is 1. The highest BCUT2D eigenvalue weighted by molar-refractivity contribution is 9.10. The second-order valence-corrected chi connectivity index (χ2v) is 7.62. The summed E-state index contributed by atoms with van der Waals surface area (Å²) in [5.41, 5.74) is 1.40. The first kappa shape index (κ1) is 15.5. The number of hydrogen-bond acceptors (Lipinski definition) is 4. The van der Waals surface area contributed by atoms with E-state index in [9.17, 15) is 4.79 Å². The molecule has 2 N–H and O–H groups in total. The van der Waals surface area contributed by atoms with Crippen LogP contribution in [0, 0.1) is 5.41 Å². The number of hydrogen-bond donors (Lipinski definition) is 2. The molecule has 1 unspecified atom stereocenters. The van der Waals surface area contributed by atoms with Crippen LogP contribution in [0.25, 0.3) is 11.0 Å². The van der Waals surface area contributed by atoms with Gasteiger partial charge in [0.25, 0.3) is 0 Å². The molecule has 5 nitrogen and oxygen atoms in total. The van der Waals surface area contributed by atoms with E-state index in [4.69, 9.17) is 4.74 Å². The first-order chi connectivity index (χ1) is 10.3. The van der Waals surface area contributed by atoms with E-state index < -0.39 is 5.41 Å². The van der Waals surface area contributed by atoms with Gasteiger partial charge in [0, 0.05) is 4.47 Å². The van der Waals surface area contributed by atoms with Crippen molar-refractivity contribution in [2.24, 2.45) is 5.41 Å². The Balaban J connectivity index is 1.84. The predicted molar refractivity (Wildman–Crippen MR) is 88.5 cm³/mol. The Bertz CT molecular complexity index is 705. The fraction of sp³-hybridized carbons (Fsp3) is 0.500. The monoisotopic (exact) mass is 365 g/mol. The zero-order chi connectivity index (χ0) is 15.9. The maximum Gasteiger partial charge on any atom is 0.312 e. The summed E-state index contributed by atoms with van der Waals surface area (Å²) < 4.78 is 6.65. The highest BCUT2D eigenvalue weighted by atomic mass is 79.9. The summed E-state index contributed by atoms with van der Waals surface area (Å²) in [6.45, 7) is 6.39. The third-order valence-electron chi connectivity index (χ3n) is 3.83. The van der Waals surface area contributed by atoms with E-state index in [1.54, 1.807) is 0 Å². The molecule has 1 aliphatic rings. The van der Waals surface area contributed by atoms with E-state index in [1.807, 2.05) is 39.0 Å². The van der Waals surface area contributed by atoms with E-state index in [-0.39, 0.29) is 18.1 Å². The number of aromatic amines is 1. The number of nitrogens with one attached hydrogen (secondary N) is 2. The van der Waals surface area contributed by atoms with E-state index >= 15 is 0 Å². The number of H-pyrrole nitrogens is 1. The van der Waals surface area contributed by atoms with Gasteiger partial charge in [0.1, 0.15) is 5.82 Å². The van der Waals surface area contributed by atoms with Crippen molar-refractivity contribution in [3.63, 3.8) is 0 Å². The Kier molecular flexibility index (Phi) is 3.99. The lowest BCUT2D eigenvalue weighted by Gasteiger charge is -2.23. The molecule has 6 heteroatoms. The molecule has 1 aromatic carbocycles. The number of imidazole rings is 1. The molecule has 3 rings (SSSR count). The number of fused-ring (bicyclic) bond motifs is 1. The van der Waals surface area contributed by atoms with Gasteiger partial charge in [-0.15, -0.1) is 0 Å². The molecule has 0 aliphatic carbocycles. The lowest BCUT2D eigenvalue weighted by Crippen LogP contribution is -2.36. The van der Waals surface area contributed by atoms with Crippen LogP contribution in [0.15, 0.2) is 22.7 Å². The second kappa shape index (κ2) is 5.66. The van der Waals surface area contributed by atoms with Crippen molar-refractivity contribution < 1.29 is 9.53 Å². The number of nitrogens with zero attached hydrogens (tertiary/aromatic N) is 1. The number of halogens is 1. The van der Waals surface area contributed by atoms with Crippen molar-refractivity contribution >= 4 is 32.9 Å². The van der Waals surface area contributed by atoms with Gasteiger partial charge in [-0.3, -0.25) is 10.1 Å². The maximum atomic E-state index is 12.1. The molecule has 2 aromatic rings. The molecule has 0 saturated carbocycles. The van der Waals surface area contributed by atoms with Crippen LogP contribution in [-0.4, -0.2) is 28.7 Å². The molecule has 22 heavy (non-hydrogen) atoms. The van der Waals surface area contributed by atoms with Crippen molar-refractivity contribution in [1.29, 1.82) is 0 Å². The minimum absolute atomic E-state index is 0.0532. The van der Waals surface area contributed by atoms with Crippen molar-refractivity contribution in [3.05, 3.63) is 28.5 Å². The largest absolute Gasteiger partial charge is 0.445 e. The number of aromatic nitrogens is 2. The fourth-order valence-electron chi connectivity index (χ4n) is 2.55. The Morgan fingerprint density at radius 3 is 2.91 bits per heavy atom. The van der Waals surface area contributed by atoms with Gasteiger partial charge in [0.2, 0.25) is 0 Å². The second-order valence-electron chi connectivity index (χ2n) is 6.71. The lowest BCUT2D eigenvalue weighted by molar-refractivity contribution is -0.160. The summed E-state index contributed by atoms with van der Waals surface area (Å²) in [5, 5.41) is 3.25. The number of rotatable bonds is 2. The van der Waals surface area contributed by atoms with Crippen LogP contribution in [-0.2, 0) is 9.53 Å². The standard InChI is InChI=1S/C16H20BrN3O2/c1-16(2,3)15(21)22-14-10(6-7-18-14)13-19-11-5-4-9(17)8-12(11)20-13/h4-5,8,10,14,18H,6-7H2,1-3H3,(H,19,20)/t10-,14?/m0/s1. The molecule has 1 fully saturated rings. The molecule has 2 atom stereocenters. The normalized spacial score (nSPS) is 22.2. The molecule has 0 amide bonds. The Hall–Kier alpha value is -1.40. The van der Waals surface area contributed by atoms with E-state index in [2.05, 4.69) is 31.2 Å². The summed E-state index contributed by atoms with van der Waals surface area (Å²) in [5.74, 6) is 0.720. The first-order valence-electron chi connectivity index (χ1n) is 7.44. The van der Waals surface area contributed by atoms with Gasteiger partial charge in [-0.25, -0.2) is 4.98 Å². The smallest absolute Gasteiger partial charge is 0.312 e. The van der Waals surface area contributed by atoms with Gasteiger partial charge in [-0.2, -0.15) is 0 Å². The topological polar surface area (TPSA) is 67.0 Å². The van der Waals surface area contributed by atoms with Crippen molar-refractivity contribution in [2.45, 2.75) is 39.3 Å². The highest BCUT2D eigenvalue weighted by Crippen LogP contribution is 2.30. The molecular formula is C16H20BrN3O2. The van der Waals surface area contributed by atoms with Crippen molar-refractivity contribution in [3.8, 4) is 0 Å². The minimum Gasteiger partial charge on any atom is -0.445 e. The molecule has 0 spiro atoms. The van der Waals surface area contributed by atoms with Gasteiger partial charge in [-0.1, -0.05) is 15.9 Å². The summed E-state index contributed by atoms with van der Waals surface area (Å²) in [4.78, 5) is 20.1. The maximum absolute atomic E-state index is 12.1. The first-order valence-corrected chi connectivity index (χ1v) is 8.23. The quantitative estimate of drug-likeness (QED) is 0.801. The van der Waals surface area contributed by atoms with Crippen LogP contribution >= 0.6 is 15.9 Å². The number of benzene rings is 1. The lowest BCUT2D eigenvalue weighted by atomic mass is 9.97. The van der Waals surface area contributed by atoms with Gasteiger partial charge in [-0.05, 0) is 51.9 Å². The fourth-order valence-corrected chi connectivity index (χ4v) is 2.91. The summed E-state index contributed by atoms with van der Waals surface area (Å²) in [7, 11) is 0. The highest BCUT2D eigenvalue weighted by Gasteiger charge is 2.36. The third-order valence-corrected chi connectivity index (χ3v) is 4.32. The molecule has 0 radical (unpaired) electrons. The predicted octanol–water partition coefficient (Wildman–Crippen LogP) is 3.32. The average molecular weight is 366 g/mol. The van der Waals surface area contributed by atoms with Gasteiger partial charge in [0.05, 0.1) is 22.4 Å². The Morgan fingerprint density at radius 2 is 2.18 bits per heavy atom. The van der Waals surface area contributed by atoms with Crippen LogP contribution in [0.5, 0.6) is 0 Å². The zero-order valence-corrected chi connectivity index (χ0v) is 14.5. The van der Waals surface area contributed by atoms with Crippen LogP contribution in [0.1, 0.15) is 38.9 Å². The van der Waals surface area contributed by atoms with E-state index in [1.165, 1.54) is 0 Å². The van der Waals surface area contributed by atoms with Crippen LogP contribution < -0.4 is 5.32 Å². The molecule has 2 heterocycles. The molecule has 118 valence electrons. The molecule has 0 bridgehead atoms. The molecule has 1 aliphatic heterocycles. The minimum atomic E-state index is -0.506. The van der Waals surface area contributed by atoms with E-state index in [0.717, 1.165) is 34.3 Å². The number of carbonyl (C=O) groups is 1. The van der Waals surface area contributed by atoms with Crippen LogP contribution in [0.4, 0.5) is 0 Å². The molecule has 1 aromatic heterocycles. The molecule has 1 saturated heterocycles. The Morgan fingerprint density at radius 1 is 1.41 bits per heavy atom. The summed E-state index contributed by atoms with van der Waals surface area (Å²) in [6, 6.07) is 5.94. The van der Waals surface area contributed by atoms with Gasteiger partial charge >= 0.3 is 5.97 Å². The van der Waals surface area contributed by atoms with Gasteiger partial charge in [0.15, 0.2) is 6.23 Å². The van der Waals surface area contributed by atoms with Crippen molar-refractivity contribution in [2.75, 3.05) is 6.54 Å². The average Bonchev–Trinajstić information content (AvgIpc) is 3.02. The number of ether oxygens (including phenoxy) is 1. The summed E-state index contributed by atoms with van der Waals surface area (Å²) >= 11 is 3.46. The summed E-state index contributed by atoms with van der Waals surface area (Å²) in [6.07, 6.45) is 0.569. The zero-order valence-electron chi connectivity index (χ0n) is 12.9. The van der Waals surface area contributed by atoms with Crippen LogP contribution in [0.2, 0.25) is 0 Å². The van der Waals surface area contributed by atoms with E-state index in [0.29, 0.717) is 0 Å². The molecular weight excluding hydrogens is 346 g/mol. The SMILES string of the molecule is CC(C)(C)C(=O)OC1NCC[C@H]1c1nc2ccc(Br)cc2[nH]1.